The van der Waals surface area contributed by atoms with Gasteiger partial charge in [0.05, 0.1) is 6.04 Å². The number of hydrogen-bond donors (Lipinski definition) is 1. The highest BCUT2D eigenvalue weighted by atomic mass is 35.5. The van der Waals surface area contributed by atoms with E-state index in [0.29, 0.717) is 0 Å². The van der Waals surface area contributed by atoms with E-state index in [-0.39, 0.29) is 18.4 Å². The zero-order valence-corrected chi connectivity index (χ0v) is 6.86. The first-order chi connectivity index (χ1) is 4.33. The van der Waals surface area contributed by atoms with Crippen LogP contribution in [0.15, 0.2) is 0 Å². The third-order valence-corrected chi connectivity index (χ3v) is 2.03. The van der Waals surface area contributed by atoms with E-state index in [0.717, 1.165) is 12.3 Å². The standard InChI is InChI=1S/C8H13N.ClH/c1-2-8(9)6-7-4-3-5-7;/h1,7-8H,3-6,9H2;1H. The van der Waals surface area contributed by atoms with Crippen LogP contribution in [-0.2, 0) is 0 Å². The van der Waals surface area contributed by atoms with E-state index in [9.17, 15) is 0 Å². The fourth-order valence-electron chi connectivity index (χ4n) is 1.16. The van der Waals surface area contributed by atoms with Gasteiger partial charge in [0.2, 0.25) is 0 Å². The molecule has 58 valence electrons. The lowest BCUT2D eigenvalue weighted by atomic mass is 9.81. The molecule has 0 aromatic carbocycles. The molecule has 0 spiro atoms. The molecular weight excluding hydrogens is 146 g/mol. The average molecular weight is 160 g/mol. The second-order valence-electron chi connectivity index (χ2n) is 2.81. The zero-order chi connectivity index (χ0) is 6.69. The van der Waals surface area contributed by atoms with Gasteiger partial charge in [-0.15, -0.1) is 18.8 Å². The molecule has 1 nitrogen and oxygen atoms in total. The molecule has 2 N–H and O–H groups in total. The number of terminal acetylenes is 1. The highest BCUT2D eigenvalue weighted by Crippen LogP contribution is 2.29. The van der Waals surface area contributed by atoms with Crippen LogP contribution in [0.3, 0.4) is 0 Å². The van der Waals surface area contributed by atoms with Gasteiger partial charge in [-0.3, -0.25) is 0 Å². The van der Waals surface area contributed by atoms with Crippen molar-refractivity contribution in [3.63, 3.8) is 0 Å². The second-order valence-corrected chi connectivity index (χ2v) is 2.81. The Morgan fingerprint density at radius 1 is 1.60 bits per heavy atom. The van der Waals surface area contributed by atoms with Gasteiger partial charge in [-0.25, -0.2) is 0 Å². The Bertz CT molecular complexity index is 124. The Morgan fingerprint density at radius 2 is 2.20 bits per heavy atom. The quantitative estimate of drug-likeness (QED) is 0.609. The molecule has 1 fully saturated rings. The Morgan fingerprint density at radius 3 is 2.50 bits per heavy atom. The average Bonchev–Trinajstić information content (AvgIpc) is 1.78. The van der Waals surface area contributed by atoms with Gasteiger partial charge < -0.3 is 5.73 Å². The van der Waals surface area contributed by atoms with Gasteiger partial charge in [0.25, 0.3) is 0 Å². The molecule has 0 amide bonds. The Balaban J connectivity index is 0.000000810. The van der Waals surface area contributed by atoms with Gasteiger partial charge in [0, 0.05) is 0 Å². The second kappa shape index (κ2) is 4.60. The van der Waals surface area contributed by atoms with E-state index in [4.69, 9.17) is 12.2 Å². The molecule has 0 bridgehead atoms. The van der Waals surface area contributed by atoms with Crippen molar-refractivity contribution in [2.24, 2.45) is 11.7 Å². The number of hydrogen-bond acceptors (Lipinski definition) is 1. The zero-order valence-electron chi connectivity index (χ0n) is 6.05. The summed E-state index contributed by atoms with van der Waals surface area (Å²) < 4.78 is 0. The SMILES string of the molecule is C#CC(N)CC1CCC1.Cl. The molecule has 0 heterocycles. The highest BCUT2D eigenvalue weighted by Gasteiger charge is 2.18. The number of rotatable bonds is 2. The molecule has 1 saturated carbocycles. The lowest BCUT2D eigenvalue weighted by molar-refractivity contribution is 0.289. The minimum atomic E-state index is 0. The van der Waals surface area contributed by atoms with Crippen LogP contribution in [0.2, 0.25) is 0 Å². The highest BCUT2D eigenvalue weighted by molar-refractivity contribution is 5.85. The summed E-state index contributed by atoms with van der Waals surface area (Å²) in [5, 5.41) is 0. The molecule has 1 unspecified atom stereocenters. The van der Waals surface area contributed by atoms with Crippen molar-refractivity contribution in [3.8, 4) is 12.3 Å². The maximum atomic E-state index is 5.55. The minimum Gasteiger partial charge on any atom is -0.318 e. The van der Waals surface area contributed by atoms with Gasteiger partial charge in [0.15, 0.2) is 0 Å². The van der Waals surface area contributed by atoms with E-state index in [1.165, 1.54) is 19.3 Å². The van der Waals surface area contributed by atoms with Crippen LogP contribution in [0.1, 0.15) is 25.7 Å². The lowest BCUT2D eigenvalue weighted by Gasteiger charge is -2.26. The van der Waals surface area contributed by atoms with Crippen molar-refractivity contribution in [1.82, 2.24) is 0 Å². The lowest BCUT2D eigenvalue weighted by Crippen LogP contribution is -2.24. The van der Waals surface area contributed by atoms with E-state index < -0.39 is 0 Å². The summed E-state index contributed by atoms with van der Waals surface area (Å²) in [5.74, 6) is 3.39. The van der Waals surface area contributed by atoms with Crippen LogP contribution in [-0.4, -0.2) is 6.04 Å². The molecule has 0 radical (unpaired) electrons. The molecule has 0 saturated heterocycles. The fourth-order valence-corrected chi connectivity index (χ4v) is 1.16. The molecule has 0 aliphatic heterocycles. The van der Waals surface area contributed by atoms with Crippen molar-refractivity contribution >= 4 is 12.4 Å². The van der Waals surface area contributed by atoms with Gasteiger partial charge >= 0.3 is 0 Å². The van der Waals surface area contributed by atoms with Crippen LogP contribution in [0.4, 0.5) is 0 Å². The van der Waals surface area contributed by atoms with Crippen LogP contribution >= 0.6 is 12.4 Å². The van der Waals surface area contributed by atoms with Gasteiger partial charge in [-0.1, -0.05) is 25.2 Å². The monoisotopic (exact) mass is 159 g/mol. The van der Waals surface area contributed by atoms with Crippen LogP contribution in [0, 0.1) is 18.3 Å². The van der Waals surface area contributed by atoms with E-state index >= 15 is 0 Å². The van der Waals surface area contributed by atoms with E-state index in [2.05, 4.69) is 5.92 Å². The largest absolute Gasteiger partial charge is 0.318 e. The predicted molar refractivity (Wildman–Crippen MR) is 46.0 cm³/mol. The molecular formula is C8H14ClN. The first-order valence-corrected chi connectivity index (χ1v) is 3.54. The van der Waals surface area contributed by atoms with Gasteiger partial charge in [-0.05, 0) is 12.3 Å². The third-order valence-electron chi connectivity index (χ3n) is 2.03. The summed E-state index contributed by atoms with van der Waals surface area (Å²) in [6.07, 6.45) is 10.2. The smallest absolute Gasteiger partial charge is 0.0664 e. The van der Waals surface area contributed by atoms with Crippen LogP contribution in [0.5, 0.6) is 0 Å². The Hall–Kier alpha value is -0.190. The Labute approximate surface area is 68.8 Å². The molecule has 1 atom stereocenters. The minimum absolute atomic E-state index is 0. The van der Waals surface area contributed by atoms with E-state index in [1.807, 2.05) is 0 Å². The summed E-state index contributed by atoms with van der Waals surface area (Å²) in [4.78, 5) is 0. The summed E-state index contributed by atoms with van der Waals surface area (Å²) >= 11 is 0. The van der Waals surface area contributed by atoms with Crippen molar-refractivity contribution in [3.05, 3.63) is 0 Å². The van der Waals surface area contributed by atoms with Crippen molar-refractivity contribution < 1.29 is 0 Å². The van der Waals surface area contributed by atoms with Crippen LogP contribution < -0.4 is 5.73 Å². The van der Waals surface area contributed by atoms with Crippen molar-refractivity contribution in [2.75, 3.05) is 0 Å². The summed E-state index contributed by atoms with van der Waals surface area (Å²) in [7, 11) is 0. The first kappa shape index (κ1) is 9.81. The molecule has 1 aliphatic carbocycles. The summed E-state index contributed by atoms with van der Waals surface area (Å²) in [5.41, 5.74) is 5.55. The molecule has 2 heteroatoms. The summed E-state index contributed by atoms with van der Waals surface area (Å²) in [6.45, 7) is 0. The number of halogens is 1. The Kier molecular flexibility index (Phi) is 4.51. The molecule has 1 aliphatic rings. The van der Waals surface area contributed by atoms with Crippen molar-refractivity contribution in [2.45, 2.75) is 31.7 Å². The molecule has 10 heavy (non-hydrogen) atoms. The molecule has 0 aromatic heterocycles. The molecule has 1 rings (SSSR count). The summed E-state index contributed by atoms with van der Waals surface area (Å²) in [6, 6.07) is 0.00954. The van der Waals surface area contributed by atoms with Gasteiger partial charge in [0.1, 0.15) is 0 Å². The third kappa shape index (κ3) is 2.60. The predicted octanol–water partition coefficient (Wildman–Crippen LogP) is 1.56. The maximum absolute atomic E-state index is 5.55. The fraction of sp³-hybridized carbons (Fsp3) is 0.750. The molecule has 0 aromatic rings. The van der Waals surface area contributed by atoms with Crippen molar-refractivity contribution in [1.29, 1.82) is 0 Å². The van der Waals surface area contributed by atoms with E-state index in [1.54, 1.807) is 0 Å². The number of nitrogens with two attached hydrogens (primary N) is 1. The normalized spacial score (nSPS) is 20.0. The van der Waals surface area contributed by atoms with Gasteiger partial charge in [-0.2, -0.15) is 0 Å². The topological polar surface area (TPSA) is 26.0 Å². The van der Waals surface area contributed by atoms with Crippen LogP contribution in [0.25, 0.3) is 0 Å². The first-order valence-electron chi connectivity index (χ1n) is 3.54. The maximum Gasteiger partial charge on any atom is 0.0664 e.